The SMILES string of the molecule is C/N=C(\Cl)C(=O)O. The Morgan fingerprint density at radius 1 is 1.86 bits per heavy atom. The Bertz CT molecular complexity index is 110. The van der Waals surface area contributed by atoms with Crippen LogP contribution >= 0.6 is 11.6 Å². The highest BCUT2D eigenvalue weighted by Gasteiger charge is 1.99. The number of hydrogen-bond acceptors (Lipinski definition) is 2. The average molecular weight is 122 g/mol. The third-order valence-corrected chi connectivity index (χ3v) is 0.703. The monoisotopic (exact) mass is 121 g/mol. The van der Waals surface area contributed by atoms with E-state index in [0.717, 1.165) is 0 Å². The van der Waals surface area contributed by atoms with Gasteiger partial charge in [-0.3, -0.25) is 4.99 Å². The smallest absolute Gasteiger partial charge is 0.365 e. The van der Waals surface area contributed by atoms with E-state index in [1.54, 1.807) is 0 Å². The maximum Gasteiger partial charge on any atom is 0.365 e. The van der Waals surface area contributed by atoms with Crippen molar-refractivity contribution < 1.29 is 9.90 Å². The van der Waals surface area contributed by atoms with Crippen LogP contribution in [0.4, 0.5) is 0 Å². The summed E-state index contributed by atoms with van der Waals surface area (Å²) in [7, 11) is 1.32. The Kier molecular flexibility index (Phi) is 2.37. The highest BCUT2D eigenvalue weighted by atomic mass is 35.5. The summed E-state index contributed by atoms with van der Waals surface area (Å²) in [6.45, 7) is 0. The van der Waals surface area contributed by atoms with Crippen LogP contribution in [0.1, 0.15) is 0 Å². The zero-order valence-corrected chi connectivity index (χ0v) is 4.44. The largest absolute Gasteiger partial charge is 0.476 e. The first-order valence-corrected chi connectivity index (χ1v) is 1.92. The summed E-state index contributed by atoms with van der Waals surface area (Å²) >= 11 is 4.95. The van der Waals surface area contributed by atoms with Gasteiger partial charge in [-0.15, -0.1) is 0 Å². The van der Waals surface area contributed by atoms with Crippen LogP contribution in [0.2, 0.25) is 0 Å². The second-order valence-corrected chi connectivity index (χ2v) is 1.18. The third-order valence-electron chi connectivity index (χ3n) is 0.373. The van der Waals surface area contributed by atoms with E-state index < -0.39 is 5.97 Å². The molecule has 0 saturated heterocycles. The lowest BCUT2D eigenvalue weighted by molar-refractivity contribution is -0.129. The number of aliphatic carboxylic acids is 1. The van der Waals surface area contributed by atoms with Gasteiger partial charge in [0.05, 0.1) is 0 Å². The van der Waals surface area contributed by atoms with Crippen molar-refractivity contribution in [3.8, 4) is 0 Å². The van der Waals surface area contributed by atoms with E-state index in [4.69, 9.17) is 16.7 Å². The normalized spacial score (nSPS) is 11.4. The van der Waals surface area contributed by atoms with Crippen LogP contribution in [0, 0.1) is 0 Å². The summed E-state index contributed by atoms with van der Waals surface area (Å²) < 4.78 is 0. The van der Waals surface area contributed by atoms with Crippen molar-refractivity contribution in [2.24, 2.45) is 4.99 Å². The van der Waals surface area contributed by atoms with Crippen molar-refractivity contribution in [3.05, 3.63) is 0 Å². The predicted octanol–water partition coefficient (Wildman–Crippen LogP) is 0.338. The molecule has 0 aromatic rings. The number of aliphatic imine (C=N–C) groups is 1. The summed E-state index contributed by atoms with van der Waals surface area (Å²) in [5.74, 6) is -1.19. The zero-order chi connectivity index (χ0) is 5.86. The van der Waals surface area contributed by atoms with E-state index in [-0.39, 0.29) is 5.17 Å². The third kappa shape index (κ3) is 2.17. The van der Waals surface area contributed by atoms with Crippen molar-refractivity contribution in [3.63, 3.8) is 0 Å². The Balaban J connectivity index is 3.82. The fraction of sp³-hybridized carbons (Fsp3) is 0.333. The zero-order valence-electron chi connectivity index (χ0n) is 3.68. The molecule has 0 aromatic carbocycles. The number of nitrogens with zero attached hydrogens (tertiary/aromatic N) is 1. The number of carbonyl (C=O) groups is 1. The molecule has 7 heavy (non-hydrogen) atoms. The van der Waals surface area contributed by atoms with Gasteiger partial charge in [-0.1, -0.05) is 11.6 Å². The molecule has 0 spiro atoms. The molecular weight excluding hydrogens is 117 g/mol. The molecule has 0 saturated carbocycles. The molecule has 0 aliphatic heterocycles. The summed E-state index contributed by atoms with van der Waals surface area (Å²) in [6, 6.07) is 0. The van der Waals surface area contributed by atoms with E-state index in [0.29, 0.717) is 0 Å². The van der Waals surface area contributed by atoms with Gasteiger partial charge in [0, 0.05) is 7.05 Å². The molecule has 3 nitrogen and oxygen atoms in total. The first-order chi connectivity index (χ1) is 3.18. The molecule has 0 atom stereocenters. The van der Waals surface area contributed by atoms with Gasteiger partial charge in [0.2, 0.25) is 5.17 Å². The fourth-order valence-electron chi connectivity index (χ4n) is 0.0956. The maximum atomic E-state index is 9.67. The van der Waals surface area contributed by atoms with E-state index in [9.17, 15) is 4.79 Å². The molecule has 0 bridgehead atoms. The minimum Gasteiger partial charge on any atom is -0.476 e. The van der Waals surface area contributed by atoms with Crippen molar-refractivity contribution in [2.75, 3.05) is 7.05 Å². The Hall–Kier alpha value is -0.570. The number of carboxylic acids is 1. The van der Waals surface area contributed by atoms with E-state index >= 15 is 0 Å². The van der Waals surface area contributed by atoms with Crippen LogP contribution < -0.4 is 0 Å². The number of rotatable bonds is 1. The predicted molar refractivity (Wildman–Crippen MR) is 26.8 cm³/mol. The molecule has 0 heterocycles. The Morgan fingerprint density at radius 2 is 2.29 bits per heavy atom. The van der Waals surface area contributed by atoms with Crippen LogP contribution in [-0.2, 0) is 4.79 Å². The number of halogens is 1. The Morgan fingerprint density at radius 3 is 2.29 bits per heavy atom. The minimum atomic E-state index is -1.19. The molecule has 0 radical (unpaired) electrons. The van der Waals surface area contributed by atoms with Gasteiger partial charge in [-0.25, -0.2) is 4.79 Å². The van der Waals surface area contributed by atoms with Gasteiger partial charge in [0.25, 0.3) is 0 Å². The first-order valence-electron chi connectivity index (χ1n) is 1.54. The van der Waals surface area contributed by atoms with E-state index in [1.807, 2.05) is 0 Å². The van der Waals surface area contributed by atoms with Gasteiger partial charge in [-0.05, 0) is 0 Å². The lowest BCUT2D eigenvalue weighted by atomic mass is 10.7. The van der Waals surface area contributed by atoms with Crippen molar-refractivity contribution in [1.29, 1.82) is 0 Å². The van der Waals surface area contributed by atoms with Crippen molar-refractivity contribution in [1.82, 2.24) is 0 Å². The van der Waals surface area contributed by atoms with Crippen LogP contribution in [0.25, 0.3) is 0 Å². The highest BCUT2D eigenvalue weighted by molar-refractivity contribution is 6.81. The molecule has 1 N–H and O–H groups in total. The van der Waals surface area contributed by atoms with Crippen LogP contribution in [0.15, 0.2) is 4.99 Å². The molecule has 0 aliphatic carbocycles. The van der Waals surface area contributed by atoms with Gasteiger partial charge in [0.1, 0.15) is 0 Å². The van der Waals surface area contributed by atoms with E-state index in [2.05, 4.69) is 4.99 Å². The molecule has 40 valence electrons. The standard InChI is InChI=1S/C3H4ClNO2/c1-5-2(4)3(6)7/h1H3,(H,6,7)/b5-2-. The van der Waals surface area contributed by atoms with Gasteiger partial charge < -0.3 is 5.11 Å². The second-order valence-electron chi connectivity index (χ2n) is 0.820. The van der Waals surface area contributed by atoms with Crippen molar-refractivity contribution in [2.45, 2.75) is 0 Å². The van der Waals surface area contributed by atoms with Gasteiger partial charge in [0.15, 0.2) is 0 Å². The average Bonchev–Trinajstić information content (AvgIpc) is 1.65. The molecule has 0 aromatic heterocycles. The molecule has 0 amide bonds. The fourth-order valence-corrected chi connectivity index (χ4v) is 0.0956. The summed E-state index contributed by atoms with van der Waals surface area (Å²) in [5.41, 5.74) is 0. The quantitative estimate of drug-likeness (QED) is 0.509. The number of carboxylic acid groups (broad SMARTS) is 1. The number of hydrogen-bond donors (Lipinski definition) is 1. The lowest BCUT2D eigenvalue weighted by Gasteiger charge is -1.80. The van der Waals surface area contributed by atoms with Gasteiger partial charge >= 0.3 is 5.97 Å². The minimum absolute atomic E-state index is 0.389. The van der Waals surface area contributed by atoms with E-state index in [1.165, 1.54) is 7.05 Å². The van der Waals surface area contributed by atoms with Crippen molar-refractivity contribution >= 4 is 22.7 Å². The topological polar surface area (TPSA) is 49.7 Å². The molecule has 0 aliphatic rings. The highest BCUT2D eigenvalue weighted by Crippen LogP contribution is 1.81. The molecular formula is C3H4ClNO2. The first kappa shape index (κ1) is 6.43. The summed E-state index contributed by atoms with van der Waals surface area (Å²) in [5, 5.41) is 7.53. The van der Waals surface area contributed by atoms with Crippen LogP contribution in [0.3, 0.4) is 0 Å². The Labute approximate surface area is 45.6 Å². The molecule has 0 fully saturated rings. The molecule has 4 heteroatoms. The summed E-state index contributed by atoms with van der Waals surface area (Å²) in [6.07, 6.45) is 0. The molecule has 0 unspecified atom stereocenters. The second kappa shape index (κ2) is 2.58. The van der Waals surface area contributed by atoms with Crippen LogP contribution in [-0.4, -0.2) is 23.3 Å². The summed E-state index contributed by atoms with van der Waals surface area (Å²) in [4.78, 5) is 12.8. The lowest BCUT2D eigenvalue weighted by Crippen LogP contribution is -2.03. The maximum absolute atomic E-state index is 9.67. The van der Waals surface area contributed by atoms with Gasteiger partial charge in [-0.2, -0.15) is 0 Å². The van der Waals surface area contributed by atoms with Crippen LogP contribution in [0.5, 0.6) is 0 Å². The molecule has 0 rings (SSSR count).